The fourth-order valence-corrected chi connectivity index (χ4v) is 1.30. The highest BCUT2D eigenvalue weighted by Gasteiger charge is 2.32. The number of hydrogen-bond acceptors (Lipinski definition) is 2. The number of hydrogen-bond donors (Lipinski definition) is 0. The van der Waals surface area contributed by atoms with Gasteiger partial charge < -0.3 is 9.64 Å². The topological polar surface area (TPSA) is 12.5 Å². The van der Waals surface area contributed by atoms with Crippen molar-refractivity contribution in [3.05, 3.63) is 0 Å². The number of alkyl halides is 2. The van der Waals surface area contributed by atoms with Crippen LogP contribution in [0.15, 0.2) is 0 Å². The van der Waals surface area contributed by atoms with Crippen LogP contribution in [0.4, 0.5) is 8.78 Å². The summed E-state index contributed by atoms with van der Waals surface area (Å²) in [7, 11) is 1.98. The normalized spacial score (nSPS) is 32.5. The van der Waals surface area contributed by atoms with Crippen molar-refractivity contribution in [2.75, 3.05) is 20.2 Å². The molecule has 0 saturated carbocycles. The average Bonchev–Trinajstić information content (AvgIpc) is 1.96. The third kappa shape index (κ3) is 2.10. The number of likely N-dealkylation sites (tertiary alicyclic amines) is 1. The molecular weight excluding hydrogens is 152 g/mol. The van der Waals surface area contributed by atoms with Gasteiger partial charge in [-0.15, -0.1) is 0 Å². The Labute approximate surface area is 65.1 Å². The zero-order valence-electron chi connectivity index (χ0n) is 6.76. The Balaban J connectivity index is 2.10. The van der Waals surface area contributed by atoms with Crippen LogP contribution < -0.4 is 0 Å². The second-order valence-electron chi connectivity index (χ2n) is 3.03. The molecule has 0 aromatic rings. The van der Waals surface area contributed by atoms with Gasteiger partial charge in [-0.05, 0) is 14.0 Å². The van der Waals surface area contributed by atoms with E-state index in [2.05, 4.69) is 9.64 Å². The molecule has 0 aromatic heterocycles. The first-order valence-corrected chi connectivity index (χ1v) is 3.71. The molecule has 66 valence electrons. The number of halogens is 2. The first-order valence-electron chi connectivity index (χ1n) is 3.71. The van der Waals surface area contributed by atoms with Crippen LogP contribution in [0.2, 0.25) is 0 Å². The van der Waals surface area contributed by atoms with Crippen molar-refractivity contribution in [2.45, 2.75) is 19.6 Å². The summed E-state index contributed by atoms with van der Waals surface area (Å²) < 4.78 is 27.3. The molecule has 1 heterocycles. The minimum Gasteiger partial charge on any atom is -0.323 e. The minimum absolute atomic E-state index is 0.184. The summed E-state index contributed by atoms with van der Waals surface area (Å²) in [5, 5.41) is 0. The van der Waals surface area contributed by atoms with Crippen LogP contribution in [-0.2, 0) is 4.74 Å². The van der Waals surface area contributed by atoms with Crippen molar-refractivity contribution >= 4 is 0 Å². The predicted molar refractivity (Wildman–Crippen MR) is 37.5 cm³/mol. The van der Waals surface area contributed by atoms with E-state index in [1.807, 2.05) is 14.0 Å². The SMILES string of the molecule is CC1C(COC(F)F)CN1C. The second kappa shape index (κ2) is 3.45. The summed E-state index contributed by atoms with van der Waals surface area (Å²) in [6.07, 6.45) is 0. The zero-order valence-corrected chi connectivity index (χ0v) is 6.76. The summed E-state index contributed by atoms with van der Waals surface area (Å²) in [4.78, 5) is 2.11. The molecule has 0 radical (unpaired) electrons. The summed E-state index contributed by atoms with van der Waals surface area (Å²) in [6.45, 7) is 0.452. The van der Waals surface area contributed by atoms with Gasteiger partial charge in [0.15, 0.2) is 0 Å². The molecule has 2 unspecified atom stereocenters. The molecule has 2 atom stereocenters. The summed E-state index contributed by atoms with van der Waals surface area (Å²) in [5.41, 5.74) is 0. The van der Waals surface area contributed by atoms with Crippen molar-refractivity contribution in [2.24, 2.45) is 5.92 Å². The fraction of sp³-hybridized carbons (Fsp3) is 1.00. The van der Waals surface area contributed by atoms with Crippen LogP contribution in [0.3, 0.4) is 0 Å². The Hall–Kier alpha value is -0.220. The van der Waals surface area contributed by atoms with Gasteiger partial charge in [-0.2, -0.15) is 8.78 Å². The minimum atomic E-state index is -2.62. The molecule has 1 fully saturated rings. The number of nitrogens with zero attached hydrogens (tertiary/aromatic N) is 1. The Morgan fingerprint density at radius 1 is 1.64 bits per heavy atom. The van der Waals surface area contributed by atoms with Gasteiger partial charge in [0.2, 0.25) is 0 Å². The van der Waals surface area contributed by atoms with Gasteiger partial charge in [0, 0.05) is 18.5 Å². The van der Waals surface area contributed by atoms with E-state index in [0.29, 0.717) is 6.04 Å². The van der Waals surface area contributed by atoms with Crippen LogP contribution in [0.1, 0.15) is 6.92 Å². The Kier molecular flexibility index (Phi) is 2.78. The molecule has 1 aliphatic heterocycles. The number of rotatable bonds is 3. The van der Waals surface area contributed by atoms with Crippen LogP contribution >= 0.6 is 0 Å². The largest absolute Gasteiger partial charge is 0.345 e. The third-order valence-corrected chi connectivity index (χ3v) is 2.34. The first-order chi connectivity index (χ1) is 5.11. The molecular formula is C7H13F2NO. The van der Waals surface area contributed by atoms with Gasteiger partial charge in [-0.1, -0.05) is 0 Å². The first kappa shape index (κ1) is 8.87. The lowest BCUT2D eigenvalue weighted by atomic mass is 9.92. The highest BCUT2D eigenvalue weighted by molar-refractivity contribution is 4.85. The molecule has 0 aromatic carbocycles. The van der Waals surface area contributed by atoms with E-state index in [-0.39, 0.29) is 12.5 Å². The van der Waals surface area contributed by atoms with Crippen LogP contribution in [-0.4, -0.2) is 37.8 Å². The molecule has 1 aliphatic rings. The lowest BCUT2D eigenvalue weighted by Crippen LogP contribution is -2.53. The van der Waals surface area contributed by atoms with E-state index in [1.54, 1.807) is 0 Å². The standard InChI is InChI=1S/C7H13F2NO/c1-5-6(3-10(5)2)4-11-7(8)9/h5-7H,3-4H2,1-2H3. The Morgan fingerprint density at radius 2 is 2.27 bits per heavy atom. The van der Waals surface area contributed by atoms with Gasteiger partial charge in [0.25, 0.3) is 0 Å². The van der Waals surface area contributed by atoms with Crippen molar-refractivity contribution in [3.8, 4) is 0 Å². The quantitative estimate of drug-likeness (QED) is 0.622. The fourth-order valence-electron chi connectivity index (χ4n) is 1.30. The van der Waals surface area contributed by atoms with Gasteiger partial charge >= 0.3 is 6.61 Å². The number of ether oxygens (including phenoxy) is 1. The van der Waals surface area contributed by atoms with Crippen LogP contribution in [0, 0.1) is 5.92 Å². The lowest BCUT2D eigenvalue weighted by Gasteiger charge is -2.43. The maximum Gasteiger partial charge on any atom is 0.345 e. The molecule has 11 heavy (non-hydrogen) atoms. The molecule has 2 nitrogen and oxygen atoms in total. The molecule has 1 saturated heterocycles. The maximum atomic E-state index is 11.5. The van der Waals surface area contributed by atoms with E-state index in [9.17, 15) is 8.78 Å². The van der Waals surface area contributed by atoms with Crippen LogP contribution in [0.25, 0.3) is 0 Å². The monoisotopic (exact) mass is 165 g/mol. The van der Waals surface area contributed by atoms with E-state index in [1.165, 1.54) is 0 Å². The third-order valence-electron chi connectivity index (χ3n) is 2.34. The molecule has 0 N–H and O–H groups in total. The van der Waals surface area contributed by atoms with E-state index in [4.69, 9.17) is 0 Å². The van der Waals surface area contributed by atoms with Gasteiger partial charge in [-0.3, -0.25) is 0 Å². The van der Waals surface area contributed by atoms with Gasteiger partial charge in [-0.25, -0.2) is 0 Å². The Morgan fingerprint density at radius 3 is 2.64 bits per heavy atom. The molecule has 0 aliphatic carbocycles. The van der Waals surface area contributed by atoms with Crippen molar-refractivity contribution in [1.29, 1.82) is 0 Å². The smallest absolute Gasteiger partial charge is 0.323 e. The molecule has 1 rings (SSSR count). The van der Waals surface area contributed by atoms with Crippen molar-refractivity contribution < 1.29 is 13.5 Å². The highest BCUT2D eigenvalue weighted by atomic mass is 19.3. The summed E-state index contributed by atoms with van der Waals surface area (Å²) in [5.74, 6) is 0.286. The van der Waals surface area contributed by atoms with E-state index < -0.39 is 6.61 Å². The van der Waals surface area contributed by atoms with Gasteiger partial charge in [0.05, 0.1) is 6.61 Å². The predicted octanol–water partition coefficient (Wildman–Crippen LogP) is 1.18. The zero-order chi connectivity index (χ0) is 8.43. The average molecular weight is 165 g/mol. The van der Waals surface area contributed by atoms with Crippen molar-refractivity contribution in [1.82, 2.24) is 4.90 Å². The summed E-state index contributed by atoms with van der Waals surface area (Å²) in [6, 6.07) is 0.383. The molecule has 0 bridgehead atoms. The molecule has 0 amide bonds. The molecule has 4 heteroatoms. The van der Waals surface area contributed by atoms with Crippen LogP contribution in [0.5, 0.6) is 0 Å². The Bertz CT molecular complexity index is 132. The lowest BCUT2D eigenvalue weighted by molar-refractivity contribution is -0.155. The van der Waals surface area contributed by atoms with E-state index >= 15 is 0 Å². The maximum absolute atomic E-state index is 11.5. The van der Waals surface area contributed by atoms with E-state index in [0.717, 1.165) is 6.54 Å². The molecule has 0 spiro atoms. The second-order valence-corrected chi connectivity index (χ2v) is 3.03. The highest BCUT2D eigenvalue weighted by Crippen LogP contribution is 2.22. The van der Waals surface area contributed by atoms with Crippen molar-refractivity contribution in [3.63, 3.8) is 0 Å². The summed E-state index contributed by atoms with van der Waals surface area (Å²) >= 11 is 0. The van der Waals surface area contributed by atoms with Gasteiger partial charge in [0.1, 0.15) is 0 Å².